The third kappa shape index (κ3) is 4.72. The van der Waals surface area contributed by atoms with E-state index in [1.54, 1.807) is 0 Å². The van der Waals surface area contributed by atoms with Crippen LogP contribution in [0.25, 0.3) is 11.1 Å². The fourth-order valence-corrected chi connectivity index (χ4v) is 9.44. The Labute approximate surface area is 222 Å². The van der Waals surface area contributed by atoms with Gasteiger partial charge in [-0.25, -0.2) is 18.5 Å². The molecule has 3 aromatic rings. The Hall–Kier alpha value is -2.86. The summed E-state index contributed by atoms with van der Waals surface area (Å²) >= 11 is 6.32. The van der Waals surface area contributed by atoms with Crippen LogP contribution in [0.15, 0.2) is 35.5 Å². The Balaban J connectivity index is 1.29. The van der Waals surface area contributed by atoms with Crippen molar-refractivity contribution in [1.29, 1.82) is 0 Å². The lowest BCUT2D eigenvalue weighted by Gasteiger charge is -2.56. The second kappa shape index (κ2) is 8.84. The van der Waals surface area contributed by atoms with Gasteiger partial charge in [0.15, 0.2) is 14.9 Å². The van der Waals surface area contributed by atoms with Gasteiger partial charge in [0, 0.05) is 23.0 Å². The van der Waals surface area contributed by atoms with Gasteiger partial charge in [0.1, 0.15) is 0 Å². The molecule has 0 unspecified atom stereocenters. The molecule has 0 spiro atoms. The first kappa shape index (κ1) is 25.4. The molecular weight excluding hydrogens is 541 g/mol. The van der Waals surface area contributed by atoms with Crippen LogP contribution in [0.5, 0.6) is 0 Å². The molecule has 1 aromatic carbocycles. The highest BCUT2D eigenvalue weighted by atomic mass is 35.5. The van der Waals surface area contributed by atoms with Gasteiger partial charge in [-0.3, -0.25) is 0 Å². The van der Waals surface area contributed by atoms with Crippen LogP contribution in [0.2, 0.25) is 5.02 Å². The number of nitrogens with one attached hydrogen (secondary N) is 2. The maximum absolute atomic E-state index is 14.1. The van der Waals surface area contributed by atoms with Gasteiger partial charge in [-0.15, -0.1) is 5.10 Å². The van der Waals surface area contributed by atoms with E-state index < -0.39 is 21.6 Å². The number of halogens is 4. The normalized spacial score (nSPS) is 26.6. The minimum atomic E-state index is -4.75. The molecule has 4 aliphatic carbocycles. The van der Waals surface area contributed by atoms with Crippen LogP contribution in [-0.2, 0) is 16.0 Å². The molecule has 4 N–H and O–H groups in total. The third-order valence-electron chi connectivity index (χ3n) is 8.16. The molecule has 0 amide bonds. The predicted octanol–water partition coefficient (Wildman–Crippen LogP) is 5.85. The fourth-order valence-electron chi connectivity index (χ4n) is 7.31. The van der Waals surface area contributed by atoms with E-state index in [2.05, 4.69) is 25.5 Å². The molecule has 202 valence electrons. The first-order valence-corrected chi connectivity index (χ1v) is 14.5. The molecule has 7 rings (SSSR count). The highest BCUT2D eigenvalue weighted by Gasteiger charge is 2.52. The van der Waals surface area contributed by atoms with Crippen LogP contribution in [-0.4, -0.2) is 34.3 Å². The number of nitrogens with zero attached hydrogens (tertiary/aromatic N) is 3. The Kier molecular flexibility index (Phi) is 5.91. The third-order valence-corrected chi connectivity index (χ3v) is 10.3. The molecule has 38 heavy (non-hydrogen) atoms. The maximum Gasteiger partial charge on any atom is 0.417 e. The first-order valence-electron chi connectivity index (χ1n) is 12.4. The quantitative estimate of drug-likeness (QED) is 0.341. The van der Waals surface area contributed by atoms with Gasteiger partial charge in [-0.1, -0.05) is 11.6 Å². The number of hydrogen-bond donors (Lipinski definition) is 3. The van der Waals surface area contributed by atoms with Crippen molar-refractivity contribution in [3.8, 4) is 11.1 Å². The highest BCUT2D eigenvalue weighted by Crippen LogP contribution is 2.60. The maximum atomic E-state index is 14.1. The Morgan fingerprint density at radius 3 is 2.29 bits per heavy atom. The zero-order chi connectivity index (χ0) is 26.9. The van der Waals surface area contributed by atoms with E-state index in [-0.39, 0.29) is 49.9 Å². The van der Waals surface area contributed by atoms with E-state index in [9.17, 15) is 21.6 Å². The number of rotatable bonds is 6. The van der Waals surface area contributed by atoms with Crippen LogP contribution in [0.1, 0.15) is 44.1 Å². The highest BCUT2D eigenvalue weighted by molar-refractivity contribution is 7.91. The van der Waals surface area contributed by atoms with Crippen molar-refractivity contribution >= 4 is 39.0 Å². The van der Waals surface area contributed by atoms with Crippen molar-refractivity contribution < 1.29 is 21.6 Å². The number of hydrogen-bond acceptors (Lipinski definition) is 7. The lowest BCUT2D eigenvalue weighted by molar-refractivity contribution is -0.137. The van der Waals surface area contributed by atoms with Crippen LogP contribution < -0.4 is 11.1 Å². The van der Waals surface area contributed by atoms with Gasteiger partial charge in [-0.2, -0.15) is 18.2 Å². The monoisotopic (exact) mass is 566 g/mol. The Morgan fingerprint density at radius 2 is 1.76 bits per heavy atom. The van der Waals surface area contributed by atoms with Crippen LogP contribution in [0.4, 0.5) is 30.8 Å². The summed E-state index contributed by atoms with van der Waals surface area (Å²) in [5.41, 5.74) is 4.01. The number of alkyl halides is 3. The first-order chi connectivity index (χ1) is 17.9. The zero-order valence-electron chi connectivity index (χ0n) is 20.2. The molecule has 4 bridgehead atoms. The fraction of sp³-hybridized carbons (Fsp3) is 0.480. The molecule has 13 heteroatoms. The van der Waals surface area contributed by atoms with Gasteiger partial charge in [0.25, 0.3) is 0 Å². The van der Waals surface area contributed by atoms with Crippen LogP contribution >= 0.6 is 11.6 Å². The largest absolute Gasteiger partial charge is 0.417 e. The van der Waals surface area contributed by atoms with E-state index in [1.807, 2.05) is 0 Å². The van der Waals surface area contributed by atoms with Gasteiger partial charge in [0.05, 0.1) is 16.3 Å². The summed E-state index contributed by atoms with van der Waals surface area (Å²) in [4.78, 5) is 7.93. The summed E-state index contributed by atoms with van der Waals surface area (Å²) in [5.74, 6) is 1.83. The van der Waals surface area contributed by atoms with E-state index in [0.717, 1.165) is 31.5 Å². The topological polar surface area (TPSA) is 127 Å². The molecule has 4 fully saturated rings. The molecular formula is C25H26ClF3N6O2S. The molecule has 0 atom stereocenters. The van der Waals surface area contributed by atoms with Crippen molar-refractivity contribution in [3.05, 3.63) is 41.0 Å². The van der Waals surface area contributed by atoms with Gasteiger partial charge >= 0.3 is 6.18 Å². The number of anilines is 3. The number of pyridine rings is 1. The van der Waals surface area contributed by atoms with Crippen molar-refractivity contribution in [2.45, 2.75) is 49.7 Å². The standard InChI is InChI=1S/C25H26ClF3N6O2S/c26-19-7-17(32-23-33-22(30)34-35-23)6-18(25(27,28)29)21(19)16-1-2-20(31-11-16)38(36,37)12-24-8-13-3-14(9-24)5-15(4-13)10-24/h1-2,6-7,11,13-15H,3-5,8-10,12H2,(H4,30,32,33,34,35). The number of H-pyrrole nitrogens is 1. The number of nitrogens with two attached hydrogens (primary N) is 1. The number of sulfone groups is 1. The summed E-state index contributed by atoms with van der Waals surface area (Å²) in [7, 11) is -3.71. The van der Waals surface area contributed by atoms with Crippen LogP contribution in [0.3, 0.4) is 0 Å². The summed E-state index contributed by atoms with van der Waals surface area (Å²) in [6.45, 7) is 0. The summed E-state index contributed by atoms with van der Waals surface area (Å²) in [5, 5.41) is 8.45. The molecule has 0 saturated heterocycles. The molecule has 2 heterocycles. The molecule has 8 nitrogen and oxygen atoms in total. The predicted molar refractivity (Wildman–Crippen MR) is 136 cm³/mol. The van der Waals surface area contributed by atoms with Crippen molar-refractivity contribution in [1.82, 2.24) is 20.2 Å². The van der Waals surface area contributed by atoms with E-state index in [1.165, 1.54) is 37.5 Å². The Bertz CT molecular complexity index is 1450. The number of aromatic amines is 1. The smallest absolute Gasteiger partial charge is 0.368 e. The lowest BCUT2D eigenvalue weighted by atomic mass is 9.50. The Morgan fingerprint density at radius 1 is 1.11 bits per heavy atom. The van der Waals surface area contributed by atoms with Gasteiger partial charge < -0.3 is 11.1 Å². The average molecular weight is 567 g/mol. The van der Waals surface area contributed by atoms with E-state index in [0.29, 0.717) is 17.8 Å². The lowest BCUT2D eigenvalue weighted by Crippen LogP contribution is -2.49. The van der Waals surface area contributed by atoms with Crippen molar-refractivity contribution in [2.24, 2.45) is 23.2 Å². The zero-order valence-corrected chi connectivity index (χ0v) is 21.8. The summed E-state index contributed by atoms with van der Waals surface area (Å²) in [6, 6.07) is 4.80. The number of benzene rings is 1. The summed E-state index contributed by atoms with van der Waals surface area (Å²) < 4.78 is 68.9. The van der Waals surface area contributed by atoms with Gasteiger partial charge in [-0.05, 0) is 86.0 Å². The minimum Gasteiger partial charge on any atom is -0.368 e. The second-order valence-electron chi connectivity index (χ2n) is 11.1. The molecule has 0 radical (unpaired) electrons. The second-order valence-corrected chi connectivity index (χ2v) is 13.5. The van der Waals surface area contributed by atoms with Gasteiger partial charge in [0.2, 0.25) is 11.9 Å². The summed E-state index contributed by atoms with van der Waals surface area (Å²) in [6.07, 6.45) is 2.80. The average Bonchev–Trinajstić information content (AvgIpc) is 3.21. The SMILES string of the molecule is Nc1nc(Nc2cc(Cl)c(-c3ccc(S(=O)(=O)CC45CC6CC(CC(C6)C4)C5)nc3)c(C(F)(F)F)c2)n[nH]1. The number of aromatic nitrogens is 4. The number of nitrogen functional groups attached to an aromatic ring is 1. The van der Waals surface area contributed by atoms with Crippen molar-refractivity contribution in [2.75, 3.05) is 16.8 Å². The van der Waals surface area contributed by atoms with Crippen molar-refractivity contribution in [3.63, 3.8) is 0 Å². The molecule has 0 aliphatic heterocycles. The molecule has 2 aromatic heterocycles. The molecule has 4 saturated carbocycles. The minimum absolute atomic E-state index is 0.00410. The van der Waals surface area contributed by atoms with E-state index in [4.69, 9.17) is 17.3 Å². The van der Waals surface area contributed by atoms with E-state index >= 15 is 0 Å². The van der Waals surface area contributed by atoms with Crippen LogP contribution in [0, 0.1) is 23.2 Å². The molecule has 4 aliphatic rings.